The minimum atomic E-state index is -1.10. The first-order valence-corrected chi connectivity index (χ1v) is 7.84. The Labute approximate surface area is 133 Å². The van der Waals surface area contributed by atoms with Gasteiger partial charge in [0.15, 0.2) is 12.0 Å². The van der Waals surface area contributed by atoms with E-state index in [4.69, 9.17) is 0 Å². The highest BCUT2D eigenvalue weighted by atomic mass is 19.1. The summed E-state index contributed by atoms with van der Waals surface area (Å²) in [6, 6.07) is 9.76. The molecular weight excluding hydrogens is 293 g/mol. The van der Waals surface area contributed by atoms with Gasteiger partial charge in [-0.3, -0.25) is 0 Å². The molecule has 0 saturated heterocycles. The van der Waals surface area contributed by atoms with E-state index in [1.807, 2.05) is 36.5 Å². The molecule has 0 aliphatic carbocycles. The van der Waals surface area contributed by atoms with E-state index in [0.717, 1.165) is 11.1 Å². The van der Waals surface area contributed by atoms with Crippen LogP contribution in [0, 0.1) is 0 Å². The lowest BCUT2D eigenvalue weighted by atomic mass is 10.0. The first kappa shape index (κ1) is 14.1. The van der Waals surface area contributed by atoms with Gasteiger partial charge < -0.3 is 0 Å². The summed E-state index contributed by atoms with van der Waals surface area (Å²) in [5, 5.41) is 8.81. The van der Waals surface area contributed by atoms with Crippen LogP contribution in [0.5, 0.6) is 0 Å². The molecule has 0 N–H and O–H groups in total. The number of rotatable bonds is 3. The highest BCUT2D eigenvalue weighted by Gasteiger charge is 2.35. The van der Waals surface area contributed by atoms with E-state index in [1.165, 1.54) is 0 Å². The van der Waals surface area contributed by atoms with Crippen LogP contribution in [0.25, 0.3) is 5.95 Å². The molecule has 0 fully saturated rings. The Balaban J connectivity index is 1.72. The van der Waals surface area contributed by atoms with Crippen LogP contribution in [0.3, 0.4) is 0 Å². The largest absolute Gasteiger partial charge is 0.269 e. The molecule has 1 aliphatic rings. The Morgan fingerprint density at radius 1 is 1.22 bits per heavy atom. The van der Waals surface area contributed by atoms with Crippen molar-refractivity contribution in [2.24, 2.45) is 0 Å². The first-order chi connectivity index (χ1) is 11.1. The molecule has 3 aromatic rings. The predicted molar refractivity (Wildman–Crippen MR) is 84.3 cm³/mol. The molecule has 0 radical (unpaired) electrons. The normalized spacial score (nSPS) is 20.2. The lowest BCUT2D eigenvalue weighted by Crippen LogP contribution is -2.08. The molecule has 2 atom stereocenters. The van der Waals surface area contributed by atoms with Crippen molar-refractivity contribution in [1.29, 1.82) is 0 Å². The summed E-state index contributed by atoms with van der Waals surface area (Å²) in [6.45, 7) is 4.20. The van der Waals surface area contributed by atoms with Crippen molar-refractivity contribution in [3.63, 3.8) is 0 Å². The van der Waals surface area contributed by atoms with E-state index in [2.05, 4.69) is 29.0 Å². The monoisotopic (exact) mass is 311 g/mol. The van der Waals surface area contributed by atoms with Crippen molar-refractivity contribution in [3.8, 4) is 5.95 Å². The second-order valence-electron chi connectivity index (χ2n) is 6.22. The lowest BCUT2D eigenvalue weighted by molar-refractivity contribution is 0.328. The fraction of sp³-hybridized carbons (Fsp3) is 0.353. The van der Waals surface area contributed by atoms with Crippen LogP contribution in [-0.2, 0) is 0 Å². The maximum atomic E-state index is 14.4. The molecule has 2 aromatic heterocycles. The van der Waals surface area contributed by atoms with E-state index >= 15 is 0 Å². The van der Waals surface area contributed by atoms with Gasteiger partial charge in [0.1, 0.15) is 0 Å². The number of benzene rings is 1. The van der Waals surface area contributed by atoms with Crippen molar-refractivity contribution in [2.45, 2.75) is 38.4 Å². The van der Waals surface area contributed by atoms with E-state index < -0.39 is 6.17 Å². The lowest BCUT2D eigenvalue weighted by Gasteiger charge is -2.11. The summed E-state index contributed by atoms with van der Waals surface area (Å²) in [4.78, 5) is 4.37. The average Bonchev–Trinajstić information content (AvgIpc) is 3.24. The number of alkyl halides is 1. The molecule has 3 heterocycles. The molecule has 5 nitrogen and oxygen atoms in total. The van der Waals surface area contributed by atoms with E-state index in [1.54, 1.807) is 15.6 Å². The number of halogens is 1. The van der Waals surface area contributed by atoms with Gasteiger partial charge in [-0.05, 0) is 17.0 Å². The fourth-order valence-electron chi connectivity index (χ4n) is 2.96. The topological polar surface area (TPSA) is 48.5 Å². The summed E-state index contributed by atoms with van der Waals surface area (Å²) in [5.41, 5.74) is 2.16. The van der Waals surface area contributed by atoms with E-state index in [0.29, 0.717) is 24.1 Å². The minimum absolute atomic E-state index is 0.109. The Hall–Kier alpha value is -2.50. The molecule has 0 bridgehead atoms. The van der Waals surface area contributed by atoms with Gasteiger partial charge in [-0.25, -0.2) is 13.8 Å². The second-order valence-corrected chi connectivity index (χ2v) is 6.22. The highest BCUT2D eigenvalue weighted by molar-refractivity contribution is 5.25. The number of hydrogen-bond donors (Lipinski definition) is 0. The van der Waals surface area contributed by atoms with Crippen LogP contribution >= 0.6 is 0 Å². The van der Waals surface area contributed by atoms with Crippen LogP contribution < -0.4 is 0 Å². The summed E-state index contributed by atoms with van der Waals surface area (Å²) in [7, 11) is 0. The zero-order valence-electron chi connectivity index (χ0n) is 13.1. The standard InChI is InChI=1S/C17H18FN5/c1-11(2)13-9-19-22(10-13)17-20-16-14(18)8-15(23(16)21-17)12-6-4-3-5-7-12/h3-7,9-11,14-15H,8H2,1-2H3. The van der Waals surface area contributed by atoms with Gasteiger partial charge >= 0.3 is 0 Å². The van der Waals surface area contributed by atoms with Crippen LogP contribution in [-0.4, -0.2) is 24.5 Å². The molecular formula is C17H18FN5. The van der Waals surface area contributed by atoms with Gasteiger partial charge in [0.05, 0.1) is 12.2 Å². The van der Waals surface area contributed by atoms with Crippen LogP contribution in [0.4, 0.5) is 4.39 Å². The van der Waals surface area contributed by atoms with Gasteiger partial charge in [0.2, 0.25) is 0 Å². The summed E-state index contributed by atoms with van der Waals surface area (Å²) >= 11 is 0. The summed E-state index contributed by atoms with van der Waals surface area (Å²) in [6.07, 6.45) is 3.00. The number of aromatic nitrogens is 5. The van der Waals surface area contributed by atoms with Gasteiger partial charge in [0.25, 0.3) is 5.95 Å². The van der Waals surface area contributed by atoms with E-state index in [-0.39, 0.29) is 6.04 Å². The van der Waals surface area contributed by atoms with Gasteiger partial charge in [-0.15, -0.1) is 5.10 Å². The van der Waals surface area contributed by atoms with Gasteiger partial charge in [0, 0.05) is 12.6 Å². The highest BCUT2D eigenvalue weighted by Crippen LogP contribution is 2.39. The molecule has 1 aromatic carbocycles. The van der Waals surface area contributed by atoms with Crippen molar-refractivity contribution >= 4 is 0 Å². The third-order valence-corrected chi connectivity index (χ3v) is 4.31. The Kier molecular flexibility index (Phi) is 3.25. The molecule has 0 amide bonds. The zero-order chi connectivity index (χ0) is 16.0. The number of fused-ring (bicyclic) bond motifs is 1. The molecule has 118 valence electrons. The smallest absolute Gasteiger partial charge is 0.239 e. The van der Waals surface area contributed by atoms with Crippen molar-refractivity contribution in [3.05, 3.63) is 59.7 Å². The molecule has 1 aliphatic heterocycles. The zero-order valence-corrected chi connectivity index (χ0v) is 13.1. The SMILES string of the molecule is CC(C)c1cnn(-c2nc3n(n2)C(c2ccccc2)CC3F)c1. The Morgan fingerprint density at radius 2 is 2.00 bits per heavy atom. The molecule has 23 heavy (non-hydrogen) atoms. The third kappa shape index (κ3) is 2.34. The van der Waals surface area contributed by atoms with Gasteiger partial charge in [-0.2, -0.15) is 10.1 Å². The van der Waals surface area contributed by atoms with Crippen LogP contribution in [0.1, 0.15) is 55.4 Å². The van der Waals surface area contributed by atoms with E-state index in [9.17, 15) is 4.39 Å². The van der Waals surface area contributed by atoms with Crippen LogP contribution in [0.15, 0.2) is 42.7 Å². The van der Waals surface area contributed by atoms with Crippen LogP contribution in [0.2, 0.25) is 0 Å². The average molecular weight is 311 g/mol. The second kappa shape index (κ2) is 5.30. The summed E-state index contributed by atoms with van der Waals surface area (Å²) < 4.78 is 17.7. The Bertz CT molecular complexity index is 821. The molecule has 0 saturated carbocycles. The number of hydrogen-bond acceptors (Lipinski definition) is 3. The quantitative estimate of drug-likeness (QED) is 0.742. The molecule has 4 rings (SSSR count). The van der Waals surface area contributed by atoms with Gasteiger partial charge in [-0.1, -0.05) is 44.2 Å². The molecule has 2 unspecified atom stereocenters. The van der Waals surface area contributed by atoms with Crippen molar-refractivity contribution in [1.82, 2.24) is 24.5 Å². The fourth-order valence-corrected chi connectivity index (χ4v) is 2.96. The summed E-state index contributed by atoms with van der Waals surface area (Å²) in [5.74, 6) is 1.19. The first-order valence-electron chi connectivity index (χ1n) is 7.84. The minimum Gasteiger partial charge on any atom is -0.239 e. The maximum absolute atomic E-state index is 14.4. The number of nitrogens with zero attached hydrogens (tertiary/aromatic N) is 5. The maximum Gasteiger partial charge on any atom is 0.269 e. The predicted octanol–water partition coefficient (Wildman–Crippen LogP) is 3.59. The third-order valence-electron chi connectivity index (χ3n) is 4.31. The molecule has 0 spiro atoms. The van der Waals surface area contributed by atoms with Crippen molar-refractivity contribution < 1.29 is 4.39 Å². The molecule has 6 heteroatoms. The Morgan fingerprint density at radius 3 is 2.70 bits per heavy atom. The van der Waals surface area contributed by atoms with Crippen molar-refractivity contribution in [2.75, 3.05) is 0 Å².